The lowest BCUT2D eigenvalue weighted by Crippen LogP contribution is -2.45. The number of allylic oxidation sites excluding steroid dienone is 11. The maximum absolute atomic E-state index is 12.9. The van der Waals surface area contributed by atoms with Crippen LogP contribution in [0.15, 0.2) is 72.9 Å². The molecule has 0 aromatic rings. The number of amides is 1. The molecule has 0 bridgehead atoms. The molecule has 3 N–H and O–H groups in total. The highest BCUT2D eigenvalue weighted by Gasteiger charge is 2.27. The molecule has 0 aliphatic rings. The molecule has 0 saturated carbocycles. The first-order valence-corrected chi connectivity index (χ1v) is 28.8. The van der Waals surface area contributed by atoms with Crippen LogP contribution in [0.25, 0.3) is 0 Å². The van der Waals surface area contributed by atoms with Gasteiger partial charge in [-0.3, -0.25) is 13.8 Å². The maximum Gasteiger partial charge on any atom is 0.472 e. The molecule has 0 aromatic heterocycles. The van der Waals surface area contributed by atoms with E-state index in [2.05, 4.69) is 79.9 Å². The van der Waals surface area contributed by atoms with Crippen molar-refractivity contribution in [1.29, 1.82) is 0 Å². The van der Waals surface area contributed by atoms with E-state index in [1.165, 1.54) is 141 Å². The van der Waals surface area contributed by atoms with Gasteiger partial charge in [-0.15, -0.1) is 0 Å². The van der Waals surface area contributed by atoms with Crippen LogP contribution < -0.4 is 5.32 Å². The van der Waals surface area contributed by atoms with E-state index in [1.54, 1.807) is 6.08 Å². The first kappa shape index (κ1) is 63.9. The van der Waals surface area contributed by atoms with E-state index in [-0.39, 0.29) is 19.1 Å². The molecule has 1 amide bonds. The Kier molecular flexibility index (Phi) is 46.5. The van der Waals surface area contributed by atoms with Crippen LogP contribution in [-0.2, 0) is 18.4 Å². The molecule has 0 fully saturated rings. The van der Waals surface area contributed by atoms with E-state index >= 15 is 0 Å². The summed E-state index contributed by atoms with van der Waals surface area (Å²) in [5, 5.41) is 13.7. The van der Waals surface area contributed by atoms with Crippen LogP contribution in [0.3, 0.4) is 0 Å². The minimum Gasteiger partial charge on any atom is -0.387 e. The minimum atomic E-state index is -4.33. The van der Waals surface area contributed by atoms with Gasteiger partial charge in [-0.1, -0.05) is 234 Å². The average molecular weight is 946 g/mol. The molecule has 0 radical (unpaired) electrons. The van der Waals surface area contributed by atoms with Crippen molar-refractivity contribution in [2.75, 3.05) is 40.9 Å². The topological polar surface area (TPSA) is 105 Å². The second-order valence-corrected chi connectivity index (χ2v) is 21.0. The highest BCUT2D eigenvalue weighted by atomic mass is 31.2. The number of carbonyl (C=O) groups is 1. The minimum absolute atomic E-state index is 0.0605. The van der Waals surface area contributed by atoms with E-state index < -0.39 is 20.0 Å². The Morgan fingerprint density at radius 3 is 1.33 bits per heavy atom. The summed E-state index contributed by atoms with van der Waals surface area (Å²) in [6.07, 6.45) is 66.2. The number of unbranched alkanes of at least 4 members (excludes halogenated alkanes) is 26. The summed E-state index contributed by atoms with van der Waals surface area (Å²) in [5.74, 6) is -0.181. The lowest BCUT2D eigenvalue weighted by atomic mass is 10.0. The molecular weight excluding hydrogens is 840 g/mol. The summed E-state index contributed by atoms with van der Waals surface area (Å²) >= 11 is 0. The van der Waals surface area contributed by atoms with Gasteiger partial charge in [0, 0.05) is 6.42 Å². The lowest BCUT2D eigenvalue weighted by Gasteiger charge is -2.25. The molecule has 3 unspecified atom stereocenters. The fourth-order valence-corrected chi connectivity index (χ4v) is 8.39. The summed E-state index contributed by atoms with van der Waals surface area (Å²) in [6, 6.07) is -0.843. The summed E-state index contributed by atoms with van der Waals surface area (Å²) in [4.78, 5) is 23.1. The first-order chi connectivity index (χ1) is 32.0. The van der Waals surface area contributed by atoms with Crippen molar-refractivity contribution in [2.45, 2.75) is 244 Å². The number of hydrogen-bond donors (Lipinski definition) is 3. The molecule has 0 aromatic carbocycles. The smallest absolute Gasteiger partial charge is 0.387 e. The lowest BCUT2D eigenvalue weighted by molar-refractivity contribution is -0.870. The van der Waals surface area contributed by atoms with Crippen LogP contribution in [-0.4, -0.2) is 73.4 Å². The van der Waals surface area contributed by atoms with E-state index in [9.17, 15) is 19.4 Å². The van der Waals surface area contributed by atoms with Gasteiger partial charge < -0.3 is 19.8 Å². The van der Waals surface area contributed by atoms with Crippen LogP contribution in [0.1, 0.15) is 232 Å². The molecule has 66 heavy (non-hydrogen) atoms. The zero-order chi connectivity index (χ0) is 48.5. The number of rotatable bonds is 49. The molecule has 0 spiro atoms. The van der Waals surface area contributed by atoms with Crippen LogP contribution in [0, 0.1) is 0 Å². The Morgan fingerprint density at radius 1 is 0.530 bits per heavy atom. The van der Waals surface area contributed by atoms with E-state index in [1.807, 2.05) is 27.2 Å². The number of aliphatic hydroxyl groups excluding tert-OH is 1. The van der Waals surface area contributed by atoms with Crippen molar-refractivity contribution in [3.05, 3.63) is 72.9 Å². The third-order valence-electron chi connectivity index (χ3n) is 11.9. The fourth-order valence-electron chi connectivity index (χ4n) is 7.66. The summed E-state index contributed by atoms with van der Waals surface area (Å²) in [5.41, 5.74) is 0. The highest BCUT2D eigenvalue weighted by Crippen LogP contribution is 2.43. The third kappa shape index (κ3) is 49.8. The van der Waals surface area contributed by atoms with E-state index in [0.717, 1.165) is 70.6 Å². The molecule has 0 aliphatic carbocycles. The fraction of sp³-hybridized carbons (Fsp3) is 0.772. The highest BCUT2D eigenvalue weighted by molar-refractivity contribution is 7.47. The molecule has 8 nitrogen and oxygen atoms in total. The number of phosphoric ester groups is 1. The van der Waals surface area contributed by atoms with Gasteiger partial charge >= 0.3 is 7.82 Å². The molecular formula is C57H106N2O6P+. The van der Waals surface area contributed by atoms with Crippen molar-refractivity contribution in [1.82, 2.24) is 5.32 Å². The Morgan fingerprint density at radius 2 is 0.909 bits per heavy atom. The second-order valence-electron chi connectivity index (χ2n) is 19.6. The van der Waals surface area contributed by atoms with Crippen molar-refractivity contribution < 1.29 is 32.9 Å². The molecule has 0 rings (SSSR count). The van der Waals surface area contributed by atoms with Gasteiger partial charge in [-0.05, 0) is 64.2 Å². The number of nitrogens with one attached hydrogen (secondary N) is 1. The van der Waals surface area contributed by atoms with E-state index in [4.69, 9.17) is 9.05 Å². The van der Waals surface area contributed by atoms with Crippen molar-refractivity contribution in [3.63, 3.8) is 0 Å². The van der Waals surface area contributed by atoms with E-state index in [0.29, 0.717) is 17.4 Å². The number of likely N-dealkylation sites (N-methyl/N-ethyl adjacent to an activating group) is 1. The van der Waals surface area contributed by atoms with Gasteiger partial charge in [-0.2, -0.15) is 0 Å². The van der Waals surface area contributed by atoms with Crippen molar-refractivity contribution in [2.24, 2.45) is 0 Å². The van der Waals surface area contributed by atoms with Crippen LogP contribution >= 0.6 is 7.82 Å². The Bertz CT molecular complexity index is 1300. The standard InChI is InChI=1S/C57H105N2O6P/c1-6-8-10-12-14-15-16-17-18-19-20-21-22-23-24-25-26-27-28-29-30-31-32-33-34-35-36-37-38-39-40-41-42-43-45-47-49-51-57(61)58-55(56(60)50-48-46-44-13-11-9-7-2)54-65-66(62,63)64-53-52-59(3,4)5/h8,10,14-15,17-18,20-21,23-24,48,50,55-56,60H,6-7,9,11-13,16,19,22,25-47,49,51-54H2,1-5H3,(H-,58,61,62,63)/p+1/b10-8-,15-14-,18-17-,21-20-,24-23-,50-48+. The number of quaternary nitrogens is 1. The number of aliphatic hydroxyl groups is 1. The van der Waals surface area contributed by atoms with Gasteiger partial charge in [0.1, 0.15) is 13.2 Å². The van der Waals surface area contributed by atoms with Crippen molar-refractivity contribution >= 4 is 13.7 Å². The maximum atomic E-state index is 12.9. The number of nitrogens with zero attached hydrogens (tertiary/aromatic N) is 1. The largest absolute Gasteiger partial charge is 0.472 e. The molecule has 0 saturated heterocycles. The number of hydrogen-bond acceptors (Lipinski definition) is 5. The zero-order valence-electron chi connectivity index (χ0n) is 43.7. The van der Waals surface area contributed by atoms with Crippen LogP contribution in [0.2, 0.25) is 0 Å². The third-order valence-corrected chi connectivity index (χ3v) is 12.9. The SMILES string of the molecule is CC/C=C\C/C=C\C/C=C\C/C=C\C/C=C\CCCCCCCCCCCCCCCCCCCCCCCC(=O)NC(COP(=O)(O)OCC[N+](C)(C)C)C(O)/C=C/CCCCCCC. The van der Waals surface area contributed by atoms with Gasteiger partial charge in [0.05, 0.1) is 39.9 Å². The van der Waals surface area contributed by atoms with Crippen LogP contribution in [0.4, 0.5) is 0 Å². The predicted octanol–water partition coefficient (Wildman–Crippen LogP) is 16.3. The Hall–Kier alpha value is -2.06. The molecule has 9 heteroatoms. The number of phosphoric acid groups is 1. The van der Waals surface area contributed by atoms with Gasteiger partial charge in [0.15, 0.2) is 0 Å². The van der Waals surface area contributed by atoms with Gasteiger partial charge in [-0.25, -0.2) is 4.57 Å². The summed E-state index contributed by atoms with van der Waals surface area (Å²) < 4.78 is 23.5. The second kappa shape index (κ2) is 48.0. The van der Waals surface area contributed by atoms with Crippen molar-refractivity contribution in [3.8, 4) is 0 Å². The molecule has 384 valence electrons. The van der Waals surface area contributed by atoms with Gasteiger partial charge in [0.2, 0.25) is 5.91 Å². The molecule has 0 aliphatic heterocycles. The monoisotopic (exact) mass is 946 g/mol. The Labute approximate surface area is 408 Å². The normalized spacial score (nSPS) is 14.6. The zero-order valence-corrected chi connectivity index (χ0v) is 44.6. The average Bonchev–Trinajstić information content (AvgIpc) is 3.28. The first-order valence-electron chi connectivity index (χ1n) is 27.3. The summed E-state index contributed by atoms with van der Waals surface area (Å²) in [7, 11) is 1.57. The summed E-state index contributed by atoms with van der Waals surface area (Å²) in [6.45, 7) is 4.64. The van der Waals surface area contributed by atoms with Gasteiger partial charge in [0.25, 0.3) is 0 Å². The number of carbonyl (C=O) groups excluding carboxylic acids is 1. The predicted molar refractivity (Wildman–Crippen MR) is 286 cm³/mol. The van der Waals surface area contributed by atoms with Crippen LogP contribution in [0.5, 0.6) is 0 Å². The quantitative estimate of drug-likeness (QED) is 0.0243. The molecule has 0 heterocycles. The molecule has 3 atom stereocenters. The Balaban J connectivity index is 3.82.